The van der Waals surface area contributed by atoms with Crippen LogP contribution in [0.4, 0.5) is 34.9 Å². The van der Waals surface area contributed by atoms with Crippen LogP contribution < -0.4 is 16.0 Å². The molecule has 23 heteroatoms. The zero-order valence-corrected chi connectivity index (χ0v) is 25.8. The van der Waals surface area contributed by atoms with Crippen molar-refractivity contribution in [2.24, 2.45) is 0 Å². The first kappa shape index (κ1) is 33.2. The molecule has 2 heterocycles. The van der Waals surface area contributed by atoms with Crippen LogP contribution in [0.25, 0.3) is 0 Å². The zero-order chi connectivity index (χ0) is 32.1. The largest absolute Gasteiger partial charge is 0.397 e. The van der Waals surface area contributed by atoms with E-state index < -0.39 is 43.1 Å². The minimum absolute atomic E-state index is 0.00295. The van der Waals surface area contributed by atoms with Crippen LogP contribution in [0, 0.1) is 6.92 Å². The molecule has 5 N–H and O–H groups in total. The monoisotopic (exact) mass is 707 g/mol. The molecule has 0 aliphatic heterocycles. The van der Waals surface area contributed by atoms with Crippen molar-refractivity contribution in [1.82, 2.24) is 29.9 Å². The smallest absolute Gasteiger partial charge is 0.324 e. The van der Waals surface area contributed by atoms with Gasteiger partial charge >= 0.3 is 10.4 Å². The minimum Gasteiger partial charge on any atom is -0.324 e. The molecule has 0 bridgehead atoms. The van der Waals surface area contributed by atoms with Gasteiger partial charge in [-0.15, -0.1) is 0 Å². The number of aromatic nitrogens is 6. The van der Waals surface area contributed by atoms with E-state index in [4.69, 9.17) is 31.9 Å². The van der Waals surface area contributed by atoms with Gasteiger partial charge in [0.25, 0.3) is 10.1 Å². The van der Waals surface area contributed by atoms with E-state index >= 15 is 0 Å². The predicted molar refractivity (Wildman–Crippen MR) is 157 cm³/mol. The number of halogens is 2. The molecule has 0 aliphatic rings. The van der Waals surface area contributed by atoms with E-state index in [1.54, 1.807) is 6.92 Å². The number of nitrogens with zero attached hydrogens (tertiary/aromatic N) is 6. The molecule has 44 heavy (non-hydrogen) atoms. The number of nitrogens with one attached hydrogen (secondary N) is 3. The van der Waals surface area contributed by atoms with Crippen molar-refractivity contribution in [3.05, 3.63) is 58.9 Å². The van der Waals surface area contributed by atoms with E-state index in [2.05, 4.69) is 50.0 Å². The quantitative estimate of drug-likeness (QED) is 0.0987. The lowest BCUT2D eigenvalue weighted by molar-refractivity contribution is 0.212. The van der Waals surface area contributed by atoms with Gasteiger partial charge < -0.3 is 16.0 Å². The van der Waals surface area contributed by atoms with Crippen LogP contribution in [-0.2, 0) is 40.0 Å². The molecule has 0 amide bonds. The molecule has 0 saturated heterocycles. The molecule has 0 spiro atoms. The molecular weight excluding hydrogens is 689 g/mol. The minimum atomic E-state index is -4.66. The molecule has 2 aromatic carbocycles. The number of rotatable bonds is 13. The lowest BCUT2D eigenvalue weighted by Crippen LogP contribution is -2.11. The van der Waals surface area contributed by atoms with Crippen LogP contribution in [-0.4, -0.2) is 73.3 Å². The Balaban J connectivity index is 1.48. The Labute approximate surface area is 262 Å². The van der Waals surface area contributed by atoms with Gasteiger partial charge in [-0.1, -0.05) is 0 Å². The zero-order valence-electron chi connectivity index (χ0n) is 21.9. The van der Waals surface area contributed by atoms with Gasteiger partial charge in [-0.25, -0.2) is 13.4 Å². The summed E-state index contributed by atoms with van der Waals surface area (Å²) in [5.41, 5.74) is 0.605. The van der Waals surface area contributed by atoms with Crippen molar-refractivity contribution < 1.29 is 38.5 Å². The molecule has 4 rings (SSSR count). The van der Waals surface area contributed by atoms with Crippen LogP contribution in [0.15, 0.2) is 52.3 Å². The fourth-order valence-corrected chi connectivity index (χ4v) is 5.23. The van der Waals surface area contributed by atoms with Crippen molar-refractivity contribution in [3.63, 3.8) is 0 Å². The van der Waals surface area contributed by atoms with E-state index in [9.17, 15) is 25.6 Å². The number of benzene rings is 2. The lowest BCUT2D eigenvalue weighted by Gasteiger charge is -2.13. The second-order valence-corrected chi connectivity index (χ2v) is 12.5. The average molecular weight is 709 g/mol. The molecular formula is C21H19Cl2N9O9S3. The lowest BCUT2D eigenvalue weighted by atomic mass is 10.2. The Bertz CT molecular complexity index is 1900. The first-order valence-corrected chi connectivity index (χ1v) is 16.3. The maximum Gasteiger partial charge on any atom is 0.397 e. The van der Waals surface area contributed by atoms with Gasteiger partial charge in [-0.05, 0) is 72.6 Å². The predicted octanol–water partition coefficient (Wildman–Crippen LogP) is 3.01. The summed E-state index contributed by atoms with van der Waals surface area (Å²) < 4.78 is 84.5. The summed E-state index contributed by atoms with van der Waals surface area (Å²) >= 11 is 9.97. The topological polar surface area (TPSA) is 258 Å². The third kappa shape index (κ3) is 9.93. The number of hydrogen-bond donors (Lipinski definition) is 5. The summed E-state index contributed by atoms with van der Waals surface area (Å²) in [6.45, 7) is 0.653. The number of hydrogen-bond acceptors (Lipinski definition) is 16. The SMILES string of the molecule is Cc1nc(Cl)nc(Nc2cc(Nc3nc(Cl)nc(Nc4ccc(S(=O)OCCOS(=O)(=O)O)cc4)n3)ccc2S(=O)(=O)O)n1. The van der Waals surface area contributed by atoms with Gasteiger partial charge in [-0.3, -0.25) is 13.3 Å². The van der Waals surface area contributed by atoms with E-state index in [1.807, 2.05) is 0 Å². The highest BCUT2D eigenvalue weighted by Crippen LogP contribution is 2.29. The molecule has 0 radical (unpaired) electrons. The third-order valence-electron chi connectivity index (χ3n) is 4.90. The molecule has 4 aromatic rings. The summed E-state index contributed by atoms with van der Waals surface area (Å²) in [4.78, 5) is 23.7. The summed E-state index contributed by atoms with van der Waals surface area (Å²) in [6, 6.07) is 9.73. The highest BCUT2D eigenvalue weighted by atomic mass is 35.5. The van der Waals surface area contributed by atoms with Crippen LogP contribution in [0.2, 0.25) is 10.6 Å². The second kappa shape index (κ2) is 14.0. The summed E-state index contributed by atoms with van der Waals surface area (Å²) in [7, 11) is -9.29. The fourth-order valence-electron chi connectivity index (χ4n) is 3.24. The molecule has 1 atom stereocenters. The van der Waals surface area contributed by atoms with Crippen molar-refractivity contribution >= 4 is 89.7 Å². The van der Waals surface area contributed by atoms with Crippen LogP contribution in [0.5, 0.6) is 0 Å². The molecule has 1 unspecified atom stereocenters. The first-order chi connectivity index (χ1) is 20.6. The van der Waals surface area contributed by atoms with E-state index in [-0.39, 0.29) is 57.1 Å². The Morgan fingerprint density at radius 2 is 1.34 bits per heavy atom. The van der Waals surface area contributed by atoms with Gasteiger partial charge in [0.1, 0.15) is 10.7 Å². The molecule has 0 aliphatic carbocycles. The summed E-state index contributed by atoms with van der Waals surface area (Å²) in [5.74, 6) is 0.139. The van der Waals surface area contributed by atoms with Crippen molar-refractivity contribution in [2.45, 2.75) is 16.7 Å². The maximum atomic E-state index is 12.2. The van der Waals surface area contributed by atoms with Gasteiger partial charge in [0.15, 0.2) is 11.1 Å². The van der Waals surface area contributed by atoms with Gasteiger partial charge in [-0.2, -0.15) is 41.8 Å². The van der Waals surface area contributed by atoms with Crippen molar-refractivity contribution in [2.75, 3.05) is 29.2 Å². The van der Waals surface area contributed by atoms with Gasteiger partial charge in [0.05, 0.1) is 23.8 Å². The van der Waals surface area contributed by atoms with Crippen LogP contribution in [0.1, 0.15) is 5.82 Å². The Kier molecular flexibility index (Phi) is 10.5. The highest BCUT2D eigenvalue weighted by molar-refractivity contribution is 7.86. The normalized spacial score (nSPS) is 12.5. The van der Waals surface area contributed by atoms with Crippen molar-refractivity contribution in [3.8, 4) is 0 Å². The van der Waals surface area contributed by atoms with Crippen LogP contribution in [0.3, 0.4) is 0 Å². The van der Waals surface area contributed by atoms with E-state index in [1.165, 1.54) is 36.4 Å². The van der Waals surface area contributed by atoms with E-state index in [0.717, 1.165) is 6.07 Å². The first-order valence-electron chi connectivity index (χ1n) is 11.6. The molecule has 18 nitrogen and oxygen atoms in total. The van der Waals surface area contributed by atoms with Crippen molar-refractivity contribution in [1.29, 1.82) is 0 Å². The standard InChI is InChI=1S/C21H19Cl2N9O9S3/c1-11-24-17(22)29-19(25-11)28-15-10-13(4-7-16(15)43(34,35)36)27-21-31-18(23)30-20(32-21)26-12-2-5-14(6-3-12)42(33)40-8-9-41-44(37,38)39/h2-7,10H,8-9H2,1H3,(H,34,35,36)(H,37,38,39)(H,24,25,28,29)(H2,26,27,30,31,32). The molecule has 0 saturated carbocycles. The number of aryl methyl sites for hydroxylation is 1. The Hall–Kier alpha value is -3.67. The third-order valence-corrected chi connectivity index (χ3v) is 7.65. The molecule has 0 fully saturated rings. The fraction of sp³-hybridized carbons (Fsp3) is 0.143. The number of anilines is 6. The van der Waals surface area contributed by atoms with Crippen LogP contribution >= 0.6 is 23.2 Å². The highest BCUT2D eigenvalue weighted by Gasteiger charge is 2.18. The Morgan fingerprint density at radius 3 is 1.93 bits per heavy atom. The molecule has 2 aromatic heterocycles. The maximum absolute atomic E-state index is 12.2. The Morgan fingerprint density at radius 1 is 0.773 bits per heavy atom. The van der Waals surface area contributed by atoms with Gasteiger partial charge in [0.2, 0.25) is 28.4 Å². The second-order valence-electron chi connectivity index (χ2n) is 8.12. The summed E-state index contributed by atoms with van der Waals surface area (Å²) in [6.07, 6.45) is 0. The van der Waals surface area contributed by atoms with E-state index in [0.29, 0.717) is 5.69 Å². The molecule has 234 valence electrons. The average Bonchev–Trinajstić information content (AvgIpc) is 2.89. The van der Waals surface area contributed by atoms with Gasteiger partial charge in [0, 0.05) is 11.4 Å². The summed E-state index contributed by atoms with van der Waals surface area (Å²) in [5, 5.41) is 8.09.